The quantitative estimate of drug-likeness (QED) is 0.464. The zero-order valence-corrected chi connectivity index (χ0v) is 13.9. The van der Waals surface area contributed by atoms with Crippen molar-refractivity contribution in [2.75, 3.05) is 6.61 Å². The molecule has 19 heavy (non-hydrogen) atoms. The van der Waals surface area contributed by atoms with Gasteiger partial charge < -0.3 is 4.74 Å². The van der Waals surface area contributed by atoms with Gasteiger partial charge in [0.2, 0.25) is 0 Å². The number of hydrogen-bond acceptors (Lipinski definition) is 1. The molecule has 0 aliphatic rings. The lowest BCUT2D eigenvalue weighted by molar-refractivity contribution is 0.291. The molecular formula is C17H27BrO. The van der Waals surface area contributed by atoms with Gasteiger partial charge in [-0.3, -0.25) is 0 Å². The van der Waals surface area contributed by atoms with Crippen LogP contribution in [-0.4, -0.2) is 6.61 Å². The molecular weight excluding hydrogens is 300 g/mol. The van der Waals surface area contributed by atoms with E-state index < -0.39 is 0 Å². The Kier molecular flexibility index (Phi) is 8.98. The van der Waals surface area contributed by atoms with Crippen LogP contribution in [0.2, 0.25) is 0 Å². The summed E-state index contributed by atoms with van der Waals surface area (Å²) in [5.74, 6) is 1.81. The summed E-state index contributed by atoms with van der Waals surface area (Å²) < 4.78 is 6.83. The predicted octanol–water partition coefficient (Wildman–Crippen LogP) is 6.21. The van der Waals surface area contributed by atoms with Crippen LogP contribution in [0.15, 0.2) is 28.7 Å². The van der Waals surface area contributed by atoms with E-state index in [0.717, 1.165) is 29.2 Å². The van der Waals surface area contributed by atoms with Crippen molar-refractivity contribution in [2.24, 2.45) is 5.92 Å². The van der Waals surface area contributed by atoms with Crippen LogP contribution in [0.5, 0.6) is 5.75 Å². The molecule has 0 saturated heterocycles. The molecule has 1 atom stereocenters. The van der Waals surface area contributed by atoms with Crippen molar-refractivity contribution in [1.29, 1.82) is 0 Å². The Hall–Kier alpha value is -0.500. The van der Waals surface area contributed by atoms with E-state index in [1.165, 1.54) is 38.5 Å². The number of ether oxygens (including phenoxy) is 1. The molecule has 108 valence electrons. The standard InChI is InChI=1S/C17H27BrO/c1-3-4-5-6-8-15(2)9-7-14-19-17-12-10-16(18)11-13-17/h10-13,15H,3-9,14H2,1-2H3. The van der Waals surface area contributed by atoms with Crippen molar-refractivity contribution >= 4 is 15.9 Å². The number of rotatable bonds is 10. The summed E-state index contributed by atoms with van der Waals surface area (Å²) in [6.45, 7) is 5.47. The fourth-order valence-corrected chi connectivity index (χ4v) is 2.48. The molecule has 0 spiro atoms. The van der Waals surface area contributed by atoms with E-state index in [4.69, 9.17) is 4.74 Å². The van der Waals surface area contributed by atoms with Crippen LogP contribution in [0, 0.1) is 5.92 Å². The van der Waals surface area contributed by atoms with E-state index in [9.17, 15) is 0 Å². The minimum absolute atomic E-state index is 0.834. The minimum atomic E-state index is 0.834. The molecule has 0 heterocycles. The highest BCUT2D eigenvalue weighted by Gasteiger charge is 2.02. The topological polar surface area (TPSA) is 9.23 Å². The number of halogens is 1. The highest BCUT2D eigenvalue weighted by atomic mass is 79.9. The first-order valence-corrected chi connectivity index (χ1v) is 8.40. The Balaban J connectivity index is 2.02. The Labute approximate surface area is 126 Å². The molecule has 0 aliphatic carbocycles. The SMILES string of the molecule is CCCCCCC(C)CCCOc1ccc(Br)cc1. The first-order chi connectivity index (χ1) is 9.22. The van der Waals surface area contributed by atoms with Gasteiger partial charge in [0.15, 0.2) is 0 Å². The van der Waals surface area contributed by atoms with Crippen molar-refractivity contribution < 1.29 is 4.74 Å². The Morgan fingerprint density at radius 2 is 1.68 bits per heavy atom. The third-order valence-corrected chi connectivity index (χ3v) is 4.00. The largest absolute Gasteiger partial charge is 0.494 e. The van der Waals surface area contributed by atoms with Gasteiger partial charge in [-0.05, 0) is 43.0 Å². The second-order valence-corrected chi connectivity index (χ2v) is 6.31. The number of hydrogen-bond donors (Lipinski definition) is 0. The van der Waals surface area contributed by atoms with Crippen LogP contribution in [0.3, 0.4) is 0 Å². The molecule has 0 radical (unpaired) electrons. The number of benzene rings is 1. The Bertz CT molecular complexity index is 321. The molecule has 1 aromatic rings. The lowest BCUT2D eigenvalue weighted by Gasteiger charge is -2.11. The van der Waals surface area contributed by atoms with E-state index in [1.54, 1.807) is 0 Å². The molecule has 1 aromatic carbocycles. The zero-order valence-electron chi connectivity index (χ0n) is 12.3. The van der Waals surface area contributed by atoms with Gasteiger partial charge in [-0.25, -0.2) is 0 Å². The van der Waals surface area contributed by atoms with Crippen molar-refractivity contribution in [2.45, 2.75) is 58.8 Å². The van der Waals surface area contributed by atoms with Crippen LogP contribution >= 0.6 is 15.9 Å². The van der Waals surface area contributed by atoms with Crippen LogP contribution < -0.4 is 4.74 Å². The Morgan fingerprint density at radius 1 is 1.00 bits per heavy atom. The van der Waals surface area contributed by atoms with Gasteiger partial charge in [0.25, 0.3) is 0 Å². The summed E-state index contributed by atoms with van der Waals surface area (Å²) in [7, 11) is 0. The summed E-state index contributed by atoms with van der Waals surface area (Å²) in [5.41, 5.74) is 0. The summed E-state index contributed by atoms with van der Waals surface area (Å²) in [6, 6.07) is 8.06. The fourth-order valence-electron chi connectivity index (χ4n) is 2.22. The lowest BCUT2D eigenvalue weighted by atomic mass is 9.98. The van der Waals surface area contributed by atoms with E-state index in [1.807, 2.05) is 24.3 Å². The third-order valence-electron chi connectivity index (χ3n) is 3.47. The molecule has 0 bridgehead atoms. The number of unbranched alkanes of at least 4 members (excludes halogenated alkanes) is 3. The molecule has 1 nitrogen and oxygen atoms in total. The molecule has 0 amide bonds. The second kappa shape index (κ2) is 10.3. The first-order valence-electron chi connectivity index (χ1n) is 7.60. The Morgan fingerprint density at radius 3 is 2.37 bits per heavy atom. The van der Waals surface area contributed by atoms with Crippen LogP contribution in [0.25, 0.3) is 0 Å². The minimum Gasteiger partial charge on any atom is -0.494 e. The molecule has 1 rings (SSSR count). The van der Waals surface area contributed by atoms with Gasteiger partial charge in [0.1, 0.15) is 5.75 Å². The predicted molar refractivity (Wildman–Crippen MR) is 86.8 cm³/mol. The smallest absolute Gasteiger partial charge is 0.119 e. The van der Waals surface area contributed by atoms with Crippen LogP contribution in [0.4, 0.5) is 0 Å². The summed E-state index contributed by atoms with van der Waals surface area (Å²) in [4.78, 5) is 0. The van der Waals surface area contributed by atoms with Crippen molar-refractivity contribution in [3.8, 4) is 5.75 Å². The van der Waals surface area contributed by atoms with Crippen LogP contribution in [0.1, 0.15) is 58.8 Å². The average Bonchev–Trinajstić information content (AvgIpc) is 2.42. The van der Waals surface area contributed by atoms with Gasteiger partial charge in [0, 0.05) is 4.47 Å². The molecule has 0 aromatic heterocycles. The third kappa shape index (κ3) is 8.30. The van der Waals surface area contributed by atoms with Gasteiger partial charge >= 0.3 is 0 Å². The van der Waals surface area contributed by atoms with Crippen molar-refractivity contribution in [1.82, 2.24) is 0 Å². The maximum Gasteiger partial charge on any atom is 0.119 e. The second-order valence-electron chi connectivity index (χ2n) is 5.40. The van der Waals surface area contributed by atoms with Gasteiger partial charge in [-0.1, -0.05) is 61.9 Å². The highest BCUT2D eigenvalue weighted by molar-refractivity contribution is 9.10. The van der Waals surface area contributed by atoms with Gasteiger partial charge in [-0.15, -0.1) is 0 Å². The van der Waals surface area contributed by atoms with E-state index in [2.05, 4.69) is 29.8 Å². The zero-order chi connectivity index (χ0) is 13.9. The van der Waals surface area contributed by atoms with Gasteiger partial charge in [-0.2, -0.15) is 0 Å². The van der Waals surface area contributed by atoms with Crippen LogP contribution in [-0.2, 0) is 0 Å². The van der Waals surface area contributed by atoms with Crippen molar-refractivity contribution in [3.63, 3.8) is 0 Å². The molecule has 0 N–H and O–H groups in total. The molecule has 0 saturated carbocycles. The monoisotopic (exact) mass is 326 g/mol. The maximum absolute atomic E-state index is 5.73. The average molecular weight is 327 g/mol. The highest BCUT2D eigenvalue weighted by Crippen LogP contribution is 2.18. The maximum atomic E-state index is 5.73. The fraction of sp³-hybridized carbons (Fsp3) is 0.647. The van der Waals surface area contributed by atoms with E-state index >= 15 is 0 Å². The lowest BCUT2D eigenvalue weighted by Crippen LogP contribution is -2.01. The molecule has 2 heteroatoms. The van der Waals surface area contributed by atoms with E-state index in [-0.39, 0.29) is 0 Å². The van der Waals surface area contributed by atoms with E-state index in [0.29, 0.717) is 0 Å². The van der Waals surface area contributed by atoms with Gasteiger partial charge in [0.05, 0.1) is 6.61 Å². The normalized spacial score (nSPS) is 12.4. The summed E-state index contributed by atoms with van der Waals surface area (Å²) in [5, 5.41) is 0. The molecule has 0 aliphatic heterocycles. The summed E-state index contributed by atoms with van der Waals surface area (Å²) in [6.07, 6.45) is 9.32. The van der Waals surface area contributed by atoms with Crippen molar-refractivity contribution in [3.05, 3.63) is 28.7 Å². The summed E-state index contributed by atoms with van der Waals surface area (Å²) >= 11 is 3.43. The molecule has 0 fully saturated rings. The first kappa shape index (κ1) is 16.6. The molecule has 1 unspecified atom stereocenters.